The quantitative estimate of drug-likeness (QED) is 0.872. The Bertz CT molecular complexity index is 633. The third-order valence-electron chi connectivity index (χ3n) is 2.93. The molecule has 0 fully saturated rings. The summed E-state index contributed by atoms with van der Waals surface area (Å²) in [7, 11) is 0. The van der Waals surface area contributed by atoms with Gasteiger partial charge in [-0.05, 0) is 43.2 Å². The summed E-state index contributed by atoms with van der Waals surface area (Å²) in [6.07, 6.45) is 0.644. The van der Waals surface area contributed by atoms with Gasteiger partial charge in [-0.1, -0.05) is 35.9 Å². The fraction of sp³-hybridized carbons (Fsp3) is 0.188. The summed E-state index contributed by atoms with van der Waals surface area (Å²) < 4.78 is 13.4. The van der Waals surface area contributed by atoms with Gasteiger partial charge in [-0.25, -0.2) is 9.18 Å². The Morgan fingerprint density at radius 3 is 2.71 bits per heavy atom. The molecule has 2 rings (SSSR count). The molecule has 0 aliphatic heterocycles. The molecule has 0 aliphatic carbocycles. The van der Waals surface area contributed by atoms with Gasteiger partial charge in [-0.15, -0.1) is 0 Å². The average Bonchev–Trinajstić information content (AvgIpc) is 2.41. The maximum Gasteiger partial charge on any atom is 0.319 e. The van der Waals surface area contributed by atoms with Gasteiger partial charge in [0.15, 0.2) is 0 Å². The summed E-state index contributed by atoms with van der Waals surface area (Å²) >= 11 is 5.92. The molecule has 0 spiro atoms. The number of nitrogens with one attached hydrogen (secondary N) is 2. The molecule has 0 bridgehead atoms. The first-order chi connectivity index (χ1) is 10.0. The maximum absolute atomic E-state index is 13.4. The molecule has 3 nitrogen and oxygen atoms in total. The van der Waals surface area contributed by atoms with Crippen LogP contribution in [0.2, 0.25) is 5.02 Å². The van der Waals surface area contributed by atoms with Crippen LogP contribution >= 0.6 is 11.6 Å². The number of anilines is 1. The highest BCUT2D eigenvalue weighted by molar-refractivity contribution is 6.30. The van der Waals surface area contributed by atoms with Crippen LogP contribution in [-0.4, -0.2) is 12.1 Å². The summed E-state index contributed by atoms with van der Waals surface area (Å²) in [4.78, 5) is 11.8. The van der Waals surface area contributed by atoms with Crippen LogP contribution in [-0.2, 0) is 6.42 Å². The highest BCUT2D eigenvalue weighted by atomic mass is 35.5. The molecule has 2 aromatic carbocycles. The number of hydrogen-bond donors (Lipinski definition) is 2. The van der Waals surface area contributed by atoms with Crippen molar-refractivity contribution in [3.8, 4) is 0 Å². The van der Waals surface area contributed by atoms with Crippen molar-refractivity contribution in [3.05, 3.63) is 64.9 Å². The average molecular weight is 307 g/mol. The molecule has 110 valence electrons. The monoisotopic (exact) mass is 306 g/mol. The van der Waals surface area contributed by atoms with E-state index in [4.69, 9.17) is 11.6 Å². The number of amides is 2. The van der Waals surface area contributed by atoms with E-state index in [0.29, 0.717) is 11.4 Å². The molecule has 0 saturated heterocycles. The second-order valence-corrected chi connectivity index (χ2v) is 5.25. The van der Waals surface area contributed by atoms with Crippen molar-refractivity contribution >= 4 is 23.3 Å². The van der Waals surface area contributed by atoms with Gasteiger partial charge in [0.05, 0.1) is 5.69 Å². The van der Waals surface area contributed by atoms with E-state index in [1.54, 1.807) is 18.2 Å². The van der Waals surface area contributed by atoms with Crippen LogP contribution in [0.15, 0.2) is 48.5 Å². The first-order valence-electron chi connectivity index (χ1n) is 6.61. The topological polar surface area (TPSA) is 41.1 Å². The zero-order valence-electron chi connectivity index (χ0n) is 11.6. The number of urea groups is 1. The molecule has 0 heterocycles. The third kappa shape index (κ3) is 4.76. The maximum atomic E-state index is 13.4. The zero-order valence-corrected chi connectivity index (χ0v) is 12.3. The number of para-hydroxylation sites is 1. The van der Waals surface area contributed by atoms with E-state index in [1.165, 1.54) is 12.1 Å². The van der Waals surface area contributed by atoms with E-state index in [0.717, 1.165) is 5.56 Å². The highest BCUT2D eigenvalue weighted by Crippen LogP contribution is 2.13. The van der Waals surface area contributed by atoms with Crippen molar-refractivity contribution in [2.24, 2.45) is 0 Å². The van der Waals surface area contributed by atoms with Gasteiger partial charge in [0.25, 0.3) is 0 Å². The predicted octanol–water partition coefficient (Wildman–Crippen LogP) is 4.23. The van der Waals surface area contributed by atoms with Gasteiger partial charge in [0.2, 0.25) is 0 Å². The van der Waals surface area contributed by atoms with Crippen LogP contribution in [0.1, 0.15) is 12.5 Å². The number of benzene rings is 2. The molecular formula is C16H16ClFN2O. The normalized spacial score (nSPS) is 11.8. The van der Waals surface area contributed by atoms with Crippen LogP contribution < -0.4 is 10.6 Å². The van der Waals surface area contributed by atoms with Crippen molar-refractivity contribution in [2.75, 3.05) is 5.32 Å². The van der Waals surface area contributed by atoms with E-state index < -0.39 is 11.8 Å². The van der Waals surface area contributed by atoms with Crippen LogP contribution in [0, 0.1) is 5.82 Å². The Kier molecular flexibility index (Phi) is 5.17. The molecular weight excluding hydrogens is 291 g/mol. The molecule has 0 aliphatic rings. The summed E-state index contributed by atoms with van der Waals surface area (Å²) in [6.45, 7) is 1.88. The van der Waals surface area contributed by atoms with Crippen molar-refractivity contribution in [1.82, 2.24) is 5.32 Å². The Labute approximate surface area is 128 Å². The molecule has 0 saturated carbocycles. The van der Waals surface area contributed by atoms with Crippen LogP contribution in [0.5, 0.6) is 0 Å². The third-order valence-corrected chi connectivity index (χ3v) is 3.17. The molecule has 2 N–H and O–H groups in total. The first-order valence-corrected chi connectivity index (χ1v) is 6.99. The van der Waals surface area contributed by atoms with Gasteiger partial charge in [0.1, 0.15) is 5.82 Å². The standard InChI is InChI=1S/C16H16ClFN2O/c1-11(9-12-5-4-6-13(17)10-12)19-16(21)20-15-8-3-2-7-14(15)18/h2-8,10-11H,9H2,1H3,(H2,19,20,21)/t11-/m0/s1. The smallest absolute Gasteiger partial charge is 0.319 e. The van der Waals surface area contributed by atoms with Crippen molar-refractivity contribution in [1.29, 1.82) is 0 Å². The molecule has 5 heteroatoms. The van der Waals surface area contributed by atoms with E-state index >= 15 is 0 Å². The molecule has 0 unspecified atom stereocenters. The SMILES string of the molecule is C[C@@H](Cc1cccc(Cl)c1)NC(=O)Nc1ccccc1F. The van der Waals surface area contributed by atoms with Crippen molar-refractivity contribution in [2.45, 2.75) is 19.4 Å². The Balaban J connectivity index is 1.89. The minimum atomic E-state index is -0.463. The van der Waals surface area contributed by atoms with Crippen molar-refractivity contribution in [3.63, 3.8) is 0 Å². The lowest BCUT2D eigenvalue weighted by atomic mass is 10.1. The Morgan fingerprint density at radius 2 is 2.00 bits per heavy atom. The Hall–Kier alpha value is -2.07. The fourth-order valence-corrected chi connectivity index (χ4v) is 2.23. The lowest BCUT2D eigenvalue weighted by Crippen LogP contribution is -2.37. The van der Waals surface area contributed by atoms with Gasteiger partial charge in [-0.3, -0.25) is 0 Å². The van der Waals surface area contributed by atoms with E-state index in [9.17, 15) is 9.18 Å². The zero-order chi connectivity index (χ0) is 15.2. The van der Waals surface area contributed by atoms with Gasteiger partial charge >= 0.3 is 6.03 Å². The molecule has 0 aromatic heterocycles. The number of carbonyl (C=O) groups is 1. The van der Waals surface area contributed by atoms with Crippen LogP contribution in [0.25, 0.3) is 0 Å². The van der Waals surface area contributed by atoms with E-state index in [1.807, 2.05) is 25.1 Å². The fourth-order valence-electron chi connectivity index (χ4n) is 2.01. The minimum Gasteiger partial charge on any atom is -0.335 e. The lowest BCUT2D eigenvalue weighted by Gasteiger charge is -2.15. The van der Waals surface area contributed by atoms with Crippen LogP contribution in [0.3, 0.4) is 0 Å². The first kappa shape index (κ1) is 15.3. The molecule has 1 atom stereocenters. The van der Waals surface area contributed by atoms with Crippen molar-refractivity contribution < 1.29 is 9.18 Å². The molecule has 21 heavy (non-hydrogen) atoms. The number of rotatable bonds is 4. The van der Waals surface area contributed by atoms with Gasteiger partial charge < -0.3 is 10.6 Å². The molecule has 2 amide bonds. The van der Waals surface area contributed by atoms with E-state index in [-0.39, 0.29) is 11.7 Å². The second kappa shape index (κ2) is 7.09. The summed E-state index contributed by atoms with van der Waals surface area (Å²) in [5, 5.41) is 5.91. The predicted molar refractivity (Wildman–Crippen MR) is 83.2 cm³/mol. The van der Waals surface area contributed by atoms with E-state index in [2.05, 4.69) is 10.6 Å². The largest absolute Gasteiger partial charge is 0.335 e. The van der Waals surface area contributed by atoms with Crippen LogP contribution in [0.4, 0.5) is 14.9 Å². The number of halogens is 2. The minimum absolute atomic E-state index is 0.102. The summed E-state index contributed by atoms with van der Waals surface area (Å²) in [5.41, 5.74) is 1.19. The second-order valence-electron chi connectivity index (χ2n) is 4.81. The van der Waals surface area contributed by atoms with Gasteiger partial charge in [-0.2, -0.15) is 0 Å². The molecule has 2 aromatic rings. The summed E-state index contributed by atoms with van der Waals surface area (Å²) in [5.74, 6) is -0.463. The highest BCUT2D eigenvalue weighted by Gasteiger charge is 2.10. The Morgan fingerprint density at radius 1 is 1.24 bits per heavy atom. The lowest BCUT2D eigenvalue weighted by molar-refractivity contribution is 0.249. The van der Waals surface area contributed by atoms with Gasteiger partial charge in [0, 0.05) is 11.1 Å². The number of carbonyl (C=O) groups excluding carboxylic acids is 1. The molecule has 0 radical (unpaired) electrons. The number of hydrogen-bond acceptors (Lipinski definition) is 1. The summed E-state index contributed by atoms with van der Waals surface area (Å²) in [6, 6.07) is 13.0.